The Morgan fingerprint density at radius 3 is 2.95 bits per heavy atom. The molecule has 3 nitrogen and oxygen atoms in total. The predicted octanol–water partition coefficient (Wildman–Crippen LogP) is 1.96. The summed E-state index contributed by atoms with van der Waals surface area (Å²) in [6.45, 7) is 0.619. The van der Waals surface area contributed by atoms with Crippen LogP contribution >= 0.6 is 23.1 Å². The third-order valence-electron chi connectivity index (χ3n) is 3.01. The van der Waals surface area contributed by atoms with Crippen molar-refractivity contribution < 1.29 is 9.90 Å². The average molecular weight is 295 g/mol. The van der Waals surface area contributed by atoms with Crippen LogP contribution in [0.4, 0.5) is 0 Å². The summed E-state index contributed by atoms with van der Waals surface area (Å²) in [5, 5.41) is 11.6. The number of nitrogens with one attached hydrogen (secondary N) is 1. The summed E-state index contributed by atoms with van der Waals surface area (Å²) >= 11 is 3.36. The van der Waals surface area contributed by atoms with Crippen molar-refractivity contribution in [1.82, 2.24) is 5.32 Å². The SMILES string of the molecule is O=C(NCC1CCSCC1)c1ccc(C#CCO)s1. The zero-order valence-electron chi connectivity index (χ0n) is 10.6. The Kier molecular flexibility index (Phi) is 5.77. The smallest absolute Gasteiger partial charge is 0.261 e. The molecule has 1 aliphatic rings. The van der Waals surface area contributed by atoms with Gasteiger partial charge in [-0.25, -0.2) is 0 Å². The maximum absolute atomic E-state index is 12.0. The Bertz CT molecular complexity index is 481. The van der Waals surface area contributed by atoms with Crippen molar-refractivity contribution in [3.05, 3.63) is 21.9 Å². The second kappa shape index (κ2) is 7.59. The minimum Gasteiger partial charge on any atom is -0.384 e. The summed E-state index contributed by atoms with van der Waals surface area (Å²) in [5.41, 5.74) is 0. The van der Waals surface area contributed by atoms with E-state index in [2.05, 4.69) is 17.2 Å². The van der Waals surface area contributed by atoms with Gasteiger partial charge in [-0.05, 0) is 42.4 Å². The molecule has 1 aromatic heterocycles. The number of aliphatic hydroxyl groups is 1. The molecule has 0 spiro atoms. The van der Waals surface area contributed by atoms with Gasteiger partial charge in [-0.3, -0.25) is 4.79 Å². The first kappa shape index (κ1) is 14.4. The fourth-order valence-electron chi connectivity index (χ4n) is 1.93. The zero-order chi connectivity index (χ0) is 13.5. The van der Waals surface area contributed by atoms with Gasteiger partial charge in [0.1, 0.15) is 6.61 Å². The van der Waals surface area contributed by atoms with Crippen LogP contribution in [-0.4, -0.2) is 35.7 Å². The van der Waals surface area contributed by atoms with Crippen LogP contribution in [-0.2, 0) is 0 Å². The third-order valence-corrected chi connectivity index (χ3v) is 5.06. The van der Waals surface area contributed by atoms with Crippen LogP contribution in [0.25, 0.3) is 0 Å². The Morgan fingerprint density at radius 2 is 2.21 bits per heavy atom. The molecule has 2 N–H and O–H groups in total. The summed E-state index contributed by atoms with van der Waals surface area (Å²) in [7, 11) is 0. The molecule has 0 unspecified atom stereocenters. The lowest BCUT2D eigenvalue weighted by molar-refractivity contribution is 0.0950. The predicted molar refractivity (Wildman–Crippen MR) is 80.7 cm³/mol. The summed E-state index contributed by atoms with van der Waals surface area (Å²) in [4.78, 5) is 13.5. The highest BCUT2D eigenvalue weighted by molar-refractivity contribution is 7.99. The van der Waals surface area contributed by atoms with E-state index in [1.54, 1.807) is 6.07 Å². The molecule has 5 heteroatoms. The molecule has 1 aliphatic heterocycles. The van der Waals surface area contributed by atoms with Gasteiger partial charge in [-0.1, -0.05) is 11.8 Å². The Morgan fingerprint density at radius 1 is 1.42 bits per heavy atom. The van der Waals surface area contributed by atoms with E-state index in [4.69, 9.17) is 5.11 Å². The van der Waals surface area contributed by atoms with Gasteiger partial charge < -0.3 is 10.4 Å². The van der Waals surface area contributed by atoms with Gasteiger partial charge in [0.2, 0.25) is 0 Å². The van der Waals surface area contributed by atoms with Gasteiger partial charge in [-0.2, -0.15) is 11.8 Å². The first-order valence-corrected chi connectivity index (χ1v) is 8.32. The fraction of sp³-hybridized carbons (Fsp3) is 0.500. The number of carbonyl (C=O) groups excluding carboxylic acids is 1. The second-order valence-electron chi connectivity index (χ2n) is 4.39. The number of hydrogen-bond donors (Lipinski definition) is 2. The zero-order valence-corrected chi connectivity index (χ0v) is 12.3. The van der Waals surface area contributed by atoms with E-state index in [0.717, 1.165) is 11.4 Å². The van der Waals surface area contributed by atoms with Crippen molar-refractivity contribution in [2.75, 3.05) is 24.7 Å². The Labute approximate surface area is 121 Å². The monoisotopic (exact) mass is 295 g/mol. The average Bonchev–Trinajstić information content (AvgIpc) is 2.92. The van der Waals surface area contributed by atoms with Crippen molar-refractivity contribution in [2.24, 2.45) is 5.92 Å². The van der Waals surface area contributed by atoms with Crippen molar-refractivity contribution >= 4 is 29.0 Å². The van der Waals surface area contributed by atoms with Crippen LogP contribution in [0.5, 0.6) is 0 Å². The highest BCUT2D eigenvalue weighted by Crippen LogP contribution is 2.22. The molecule has 0 aromatic carbocycles. The lowest BCUT2D eigenvalue weighted by atomic mass is 10.0. The number of thiophene rings is 1. The van der Waals surface area contributed by atoms with Gasteiger partial charge in [0.05, 0.1) is 9.75 Å². The maximum Gasteiger partial charge on any atom is 0.261 e. The lowest BCUT2D eigenvalue weighted by Crippen LogP contribution is -2.30. The molecular weight excluding hydrogens is 278 g/mol. The molecule has 1 saturated heterocycles. The molecule has 102 valence electrons. The quantitative estimate of drug-likeness (QED) is 0.838. The molecule has 1 aromatic rings. The van der Waals surface area contributed by atoms with Crippen molar-refractivity contribution in [1.29, 1.82) is 0 Å². The molecule has 0 saturated carbocycles. The summed E-state index contributed by atoms with van der Waals surface area (Å²) in [5.74, 6) is 8.42. The fourth-order valence-corrected chi connectivity index (χ4v) is 3.93. The van der Waals surface area contributed by atoms with Crippen molar-refractivity contribution in [2.45, 2.75) is 12.8 Å². The van der Waals surface area contributed by atoms with Gasteiger partial charge in [-0.15, -0.1) is 11.3 Å². The van der Waals surface area contributed by atoms with E-state index in [9.17, 15) is 4.79 Å². The van der Waals surface area contributed by atoms with E-state index in [0.29, 0.717) is 10.8 Å². The van der Waals surface area contributed by atoms with Crippen LogP contribution in [0, 0.1) is 17.8 Å². The molecule has 0 atom stereocenters. The highest BCUT2D eigenvalue weighted by atomic mass is 32.2. The molecule has 0 radical (unpaired) electrons. The molecule has 1 amide bonds. The lowest BCUT2D eigenvalue weighted by Gasteiger charge is -2.21. The number of hydrogen-bond acceptors (Lipinski definition) is 4. The summed E-state index contributed by atoms with van der Waals surface area (Å²) in [6.07, 6.45) is 2.39. The van der Waals surface area contributed by atoms with Crippen LogP contribution in [0.1, 0.15) is 27.4 Å². The Hall–Kier alpha value is -0.960. The molecule has 0 aliphatic carbocycles. The molecular formula is C14H17NO2S2. The first-order valence-electron chi connectivity index (χ1n) is 6.35. The van der Waals surface area contributed by atoms with E-state index < -0.39 is 0 Å². The van der Waals surface area contributed by atoms with Gasteiger partial charge >= 0.3 is 0 Å². The van der Waals surface area contributed by atoms with E-state index in [1.807, 2.05) is 17.8 Å². The summed E-state index contributed by atoms with van der Waals surface area (Å²) in [6, 6.07) is 3.61. The standard InChI is InChI=1S/C14H17NO2S2/c16-7-1-2-12-3-4-13(19-12)14(17)15-10-11-5-8-18-9-6-11/h3-4,11,16H,5-10H2,(H,15,17). The molecule has 2 heterocycles. The topological polar surface area (TPSA) is 49.3 Å². The first-order chi connectivity index (χ1) is 9.29. The van der Waals surface area contributed by atoms with Gasteiger partial charge in [0, 0.05) is 6.54 Å². The van der Waals surface area contributed by atoms with Crippen LogP contribution in [0.3, 0.4) is 0 Å². The van der Waals surface area contributed by atoms with Crippen molar-refractivity contribution in [3.63, 3.8) is 0 Å². The van der Waals surface area contributed by atoms with Crippen LogP contribution < -0.4 is 5.32 Å². The number of aliphatic hydroxyl groups excluding tert-OH is 1. The normalized spacial score (nSPS) is 15.6. The van der Waals surface area contributed by atoms with E-state index in [-0.39, 0.29) is 12.5 Å². The largest absolute Gasteiger partial charge is 0.384 e. The minimum atomic E-state index is -0.154. The van der Waals surface area contributed by atoms with Crippen LogP contribution in [0.15, 0.2) is 12.1 Å². The molecule has 1 fully saturated rings. The number of carbonyl (C=O) groups is 1. The molecule has 0 bridgehead atoms. The van der Waals surface area contributed by atoms with Gasteiger partial charge in [0.15, 0.2) is 0 Å². The number of rotatable bonds is 3. The Balaban J connectivity index is 1.83. The van der Waals surface area contributed by atoms with Crippen LogP contribution in [0.2, 0.25) is 0 Å². The highest BCUT2D eigenvalue weighted by Gasteiger charge is 2.15. The maximum atomic E-state index is 12.0. The van der Waals surface area contributed by atoms with E-state index >= 15 is 0 Å². The number of amides is 1. The third kappa shape index (κ3) is 4.57. The van der Waals surface area contributed by atoms with Crippen molar-refractivity contribution in [3.8, 4) is 11.8 Å². The molecule has 19 heavy (non-hydrogen) atoms. The number of thioether (sulfide) groups is 1. The summed E-state index contributed by atoms with van der Waals surface area (Å²) < 4.78 is 0. The van der Waals surface area contributed by atoms with E-state index in [1.165, 1.54) is 35.7 Å². The van der Waals surface area contributed by atoms with Gasteiger partial charge in [0.25, 0.3) is 5.91 Å². The molecule has 2 rings (SSSR count). The minimum absolute atomic E-state index is 0.0136. The second-order valence-corrected chi connectivity index (χ2v) is 6.70.